The number of hydrogen-bond acceptors (Lipinski definition) is 8. The van der Waals surface area contributed by atoms with Crippen LogP contribution in [0.1, 0.15) is 337 Å². The molecule has 0 atom stereocenters. The molecule has 13 heteroatoms. The Morgan fingerprint density at radius 3 is 0.482 bits per heavy atom. The third-order valence-corrected chi connectivity index (χ3v) is 30.8. The van der Waals surface area contributed by atoms with Crippen molar-refractivity contribution in [3.63, 3.8) is 0 Å². The van der Waals surface area contributed by atoms with E-state index in [1.165, 1.54) is 150 Å². The topological polar surface area (TPSA) is 103 Å². The molecule has 0 aliphatic rings. The maximum atomic E-state index is 6.56. The molecule has 9 rings (SSSR count). The molecule has 0 fully saturated rings. The van der Waals surface area contributed by atoms with Crippen molar-refractivity contribution >= 4 is 94.6 Å². The van der Waals surface area contributed by atoms with Crippen LogP contribution in [0.4, 0.5) is 0 Å². The van der Waals surface area contributed by atoms with E-state index in [9.17, 15) is 0 Å². The Hall–Kier alpha value is -6.93. The van der Waals surface area contributed by atoms with Gasteiger partial charge in [0.1, 0.15) is 66.3 Å². The van der Waals surface area contributed by atoms with E-state index in [0.29, 0.717) is 0 Å². The summed E-state index contributed by atoms with van der Waals surface area (Å²) in [4.78, 5) is 0. The van der Waals surface area contributed by atoms with E-state index >= 15 is 0 Å². The number of unbranched alkanes of at least 4 members (excludes halogenated alkanes) is 2. The quantitative estimate of drug-likeness (QED) is 0.0233. The zero-order chi connectivity index (χ0) is 83.9. The van der Waals surface area contributed by atoms with E-state index in [1.807, 2.05) is 42.7 Å². The summed E-state index contributed by atoms with van der Waals surface area (Å²) in [6.07, 6.45) is 4.08. The Kier molecular flexibility index (Phi) is 36.6. The maximum absolute atomic E-state index is 6.56. The monoisotopic (exact) mass is 1640 g/mol. The van der Waals surface area contributed by atoms with Gasteiger partial charge in [0.15, 0.2) is 0 Å². The Labute approximate surface area is 705 Å². The van der Waals surface area contributed by atoms with Crippen LogP contribution in [0.2, 0.25) is 0 Å². The molecule has 0 aliphatic heterocycles. The Morgan fingerprint density at radius 2 is 0.377 bits per heavy atom. The minimum atomic E-state index is -2.01. The fourth-order valence-corrected chi connectivity index (χ4v) is 25.5. The Morgan fingerprint density at radius 1 is 0.246 bits per heavy atom. The van der Waals surface area contributed by atoms with Gasteiger partial charge in [-0.3, -0.25) is 0 Å². The molecule has 9 aromatic rings. The van der Waals surface area contributed by atoms with Crippen molar-refractivity contribution in [2.24, 2.45) is 0 Å². The van der Waals surface area contributed by atoms with Gasteiger partial charge in [0.25, 0.3) is 6.71 Å². The number of methoxy groups -OCH3 is 6. The minimum Gasteiger partial charge on any atom is -0.496 e. The van der Waals surface area contributed by atoms with E-state index in [2.05, 4.69) is 326 Å². The first kappa shape index (κ1) is 95.9. The standard InChI is InChI=1S/C96H126BO6P3.C5H12.Fe.N2/c1-55(2)73-43-67(44-74(56(3)4)91(73)98-25)104(68-45-75(57(5)6)92(99-26)76(46-68)58(7)8)88-40-34-31-37-85(88)97(86-38-32-35-41-89(86)105(69-47-77(59(9)10)93(100-27)78(48-69)60(11)12)70-49-79(61(13)14)94(101-28)80(50-70)62(15)16)87-39-33-36-42-90(87)106(71-51-81(63(17)18)95(102-29)82(52-71)64(19)20)72-53-83(65(21)22)96(103-30)84(54-72)66(23)24;1-3-5-4-2;;1-2/h31-66H,1-30H3;3-5H2,1-2H3;;/p+3. The molecule has 9 aromatic carbocycles. The minimum absolute atomic E-state index is 0. The van der Waals surface area contributed by atoms with Crippen LogP contribution in [0.15, 0.2) is 146 Å². The normalized spacial score (nSPS) is 11.7. The predicted molar refractivity (Wildman–Crippen MR) is 501 cm³/mol. The Bertz CT molecular complexity index is 3820. The molecule has 0 saturated carbocycles. The van der Waals surface area contributed by atoms with Gasteiger partial charge in [-0.15, -0.1) is 0 Å². The average Bonchev–Trinajstić information content (AvgIpc) is 0.738. The van der Waals surface area contributed by atoms with E-state index < -0.39 is 23.8 Å². The van der Waals surface area contributed by atoms with Gasteiger partial charge in [-0.05, 0) is 178 Å². The van der Waals surface area contributed by atoms with Crippen molar-refractivity contribution in [1.29, 1.82) is 10.8 Å². The number of rotatable bonds is 32. The second-order valence-corrected chi connectivity index (χ2v) is 42.0. The predicted octanol–water partition coefficient (Wildman–Crippen LogP) is 22.4. The molecule has 0 heterocycles. The maximum Gasteiger partial charge on any atom is 0.256 e. The molecule has 0 N–H and O–H groups in total. The van der Waals surface area contributed by atoms with Crippen molar-refractivity contribution in [2.45, 2.75) is 270 Å². The summed E-state index contributed by atoms with van der Waals surface area (Å²) in [5.41, 5.74) is 18.8. The van der Waals surface area contributed by atoms with Crippen LogP contribution >= 0.6 is 23.8 Å². The van der Waals surface area contributed by atoms with Crippen LogP contribution < -0.4 is 92.6 Å². The largest absolute Gasteiger partial charge is 0.496 e. The van der Waals surface area contributed by atoms with Gasteiger partial charge in [0, 0.05) is 94.6 Å². The number of benzene rings is 9. The van der Waals surface area contributed by atoms with Gasteiger partial charge in [0.2, 0.25) is 0 Å². The van der Waals surface area contributed by atoms with Crippen LogP contribution in [0.25, 0.3) is 0 Å². The summed E-state index contributed by atoms with van der Waals surface area (Å²) >= 11 is 0. The Balaban J connectivity index is 0.00000243. The summed E-state index contributed by atoms with van der Waals surface area (Å²) in [6, 6.07) is 59.8. The van der Waals surface area contributed by atoms with Crippen LogP contribution in [0, 0.1) is 10.8 Å². The summed E-state index contributed by atoms with van der Waals surface area (Å²) in [5, 5.41) is 24.1. The number of nitrogens with zero attached hydrogens (tertiary/aromatic N) is 2. The van der Waals surface area contributed by atoms with Gasteiger partial charge < -0.3 is 28.4 Å². The third-order valence-electron chi connectivity index (χ3n) is 22.6. The molecule has 614 valence electrons. The average molecular weight is 1640 g/mol. The summed E-state index contributed by atoms with van der Waals surface area (Å²) in [5.74, 6) is 8.28. The second kappa shape index (κ2) is 43.5. The summed E-state index contributed by atoms with van der Waals surface area (Å²) in [7, 11) is 5.16. The van der Waals surface area contributed by atoms with Crippen molar-refractivity contribution in [1.82, 2.24) is 0 Å². The fourth-order valence-electron chi connectivity index (χ4n) is 16.7. The van der Waals surface area contributed by atoms with Gasteiger partial charge in [-0.1, -0.05) is 254 Å². The molecule has 0 radical (unpaired) electrons. The third kappa shape index (κ3) is 21.1. The molecule has 0 aromatic heterocycles. The zero-order valence-electron chi connectivity index (χ0n) is 75.7. The van der Waals surface area contributed by atoms with Gasteiger partial charge in [-0.2, -0.15) is 0 Å². The second-order valence-electron chi connectivity index (χ2n) is 34.7. The molecule has 8 nitrogen and oxygen atoms in total. The van der Waals surface area contributed by atoms with E-state index in [1.54, 1.807) is 0 Å². The van der Waals surface area contributed by atoms with E-state index in [0.717, 1.165) is 34.5 Å². The van der Waals surface area contributed by atoms with Crippen LogP contribution in [0.3, 0.4) is 0 Å². The van der Waals surface area contributed by atoms with E-state index in [-0.39, 0.29) is 94.8 Å². The van der Waals surface area contributed by atoms with Crippen LogP contribution in [-0.4, -0.2) is 49.4 Å². The molecule has 0 saturated heterocycles. The molecular weight excluding hydrogens is 1500 g/mol. The zero-order valence-corrected chi connectivity index (χ0v) is 79.8. The summed E-state index contributed by atoms with van der Waals surface area (Å²) < 4.78 is 39.3. The number of hydrogen-bond donors (Lipinski definition) is 0. The van der Waals surface area contributed by atoms with Crippen molar-refractivity contribution in [2.75, 3.05) is 42.7 Å². The van der Waals surface area contributed by atoms with Gasteiger partial charge in [-0.25, -0.2) is 0 Å². The fraction of sp³-hybridized carbons (Fsp3) is 0.465. The first-order valence-electron chi connectivity index (χ1n) is 42.1. The molecule has 0 aliphatic carbocycles. The molecular formula is C101H141BFeN2O6P3+3. The molecule has 0 amide bonds. The van der Waals surface area contributed by atoms with E-state index in [4.69, 9.17) is 39.2 Å². The summed E-state index contributed by atoms with van der Waals surface area (Å²) in [6.45, 7) is 60.1. The van der Waals surface area contributed by atoms with Gasteiger partial charge >= 0.3 is 0 Å². The van der Waals surface area contributed by atoms with Crippen molar-refractivity contribution in [3.8, 4) is 34.5 Å². The molecule has 0 bridgehead atoms. The van der Waals surface area contributed by atoms with Gasteiger partial charge in [0.05, 0.1) is 82.3 Å². The molecule has 0 spiro atoms. The molecule has 114 heavy (non-hydrogen) atoms. The first-order valence-corrected chi connectivity index (χ1v) is 46.6. The number of ether oxygens (including phenoxy) is 6. The van der Waals surface area contributed by atoms with Crippen LogP contribution in [-0.2, 0) is 17.1 Å². The van der Waals surface area contributed by atoms with Crippen molar-refractivity contribution < 1.29 is 45.5 Å². The first-order chi connectivity index (χ1) is 53.7. The van der Waals surface area contributed by atoms with Crippen molar-refractivity contribution in [3.05, 3.63) is 212 Å². The SMILES string of the molecule is CCCCC.COc1c(C(C)C)cc([PH+](c2cc(C(C)C)c(OC)c(C(C)C)c2)c2ccccc2B(c2ccccc2[PH+](c2cc(C(C)C)c(OC)c(C(C)C)c2)c2cc(C(C)C)c(OC)c(C(C)C)c2)c2ccccc2[PH+](c2cc(C(C)C)c(OC)c(C(C)C)c2)c2cc(C(C)C)c(OC)c(C(C)C)c2)cc1C(C)C.N#N.[Fe]. The molecule has 0 unspecified atom stereocenters. The smallest absolute Gasteiger partial charge is 0.256 e. The van der Waals surface area contributed by atoms with Crippen LogP contribution in [0.5, 0.6) is 34.5 Å².